The third-order valence-corrected chi connectivity index (χ3v) is 18.2. The van der Waals surface area contributed by atoms with Crippen LogP contribution in [0.1, 0.15) is 15.7 Å². The summed E-state index contributed by atoms with van der Waals surface area (Å²) in [4.78, 5) is 0. The average Bonchev–Trinajstić information content (AvgIpc) is 2.91. The number of allylic oxidation sites excluding steroid dienone is 8. The van der Waals surface area contributed by atoms with Gasteiger partial charge < -0.3 is 2.85 Å². The van der Waals surface area contributed by atoms with E-state index in [9.17, 15) is 0 Å². The van der Waals surface area contributed by atoms with Gasteiger partial charge in [0.2, 0.25) is 0 Å². The van der Waals surface area contributed by atoms with Crippen molar-refractivity contribution in [3.05, 3.63) is 42.7 Å². The van der Waals surface area contributed by atoms with Crippen molar-refractivity contribution in [3.8, 4) is 0 Å². The quantitative estimate of drug-likeness (QED) is 0.267. The van der Waals surface area contributed by atoms with Crippen LogP contribution in [0.3, 0.4) is 0 Å². The molecular weight excluding hydrogens is 698 g/mol. The maximum atomic E-state index is 3.40. The third-order valence-electron chi connectivity index (χ3n) is 3.01. The van der Waals surface area contributed by atoms with Crippen LogP contribution in [0, 0.1) is 12.2 Å². The van der Waals surface area contributed by atoms with Crippen LogP contribution in [0.4, 0.5) is 0 Å². The van der Waals surface area contributed by atoms with Gasteiger partial charge >= 0.3 is 151 Å². The van der Waals surface area contributed by atoms with Gasteiger partial charge in [-0.2, -0.15) is 0 Å². The molecule has 106 valence electrons. The van der Waals surface area contributed by atoms with Gasteiger partial charge in [-0.05, 0) is 0 Å². The first-order valence-corrected chi connectivity index (χ1v) is 34.0. The van der Waals surface area contributed by atoms with Crippen LogP contribution in [-0.2, 0) is 26.2 Å². The summed E-state index contributed by atoms with van der Waals surface area (Å²) in [5.41, 5.74) is 0. The fourth-order valence-corrected chi connectivity index (χ4v) is 11.6. The molecule has 0 atom stereocenters. The predicted molar refractivity (Wildman–Crippen MR) is 89.9 cm³/mol. The molecule has 2 rings (SSSR count). The van der Waals surface area contributed by atoms with Crippen molar-refractivity contribution in [1.82, 2.24) is 0 Å². The Kier molecular flexibility index (Phi) is 9.76. The van der Waals surface area contributed by atoms with E-state index in [0.717, 1.165) is 12.8 Å². The first-order chi connectivity index (χ1) is 8.21. The standard InChI is InChI=1S/2C5H4.6CH3.2Pb.Zr.2H/c2*1-2-4-5-3-1;;;;;;;;;;;/h2*1-2H,3H2;6*1H3;;;;;/q2*-1;;;;;;;;;+2;2*-1. The van der Waals surface area contributed by atoms with E-state index in [4.69, 9.17) is 0 Å². The van der Waals surface area contributed by atoms with Gasteiger partial charge in [-0.1, -0.05) is 0 Å². The summed E-state index contributed by atoms with van der Waals surface area (Å²) in [7, 11) is 0. The Labute approximate surface area is 151 Å². The summed E-state index contributed by atoms with van der Waals surface area (Å²) in [5.74, 6) is 0. The molecule has 0 aromatic carbocycles. The van der Waals surface area contributed by atoms with Crippen molar-refractivity contribution < 1.29 is 29.1 Å². The van der Waals surface area contributed by atoms with Crippen molar-refractivity contribution >= 4 is 42.3 Å². The van der Waals surface area contributed by atoms with E-state index >= 15 is 0 Å². The van der Waals surface area contributed by atoms with Crippen molar-refractivity contribution in [2.45, 2.75) is 39.7 Å². The van der Waals surface area contributed by atoms with Crippen LogP contribution < -0.4 is 0 Å². The Balaban J connectivity index is -0.000000270. The van der Waals surface area contributed by atoms with Gasteiger partial charge in [0.1, 0.15) is 0 Å². The number of rotatable bonds is 2. The monoisotopic (exact) mass is 726 g/mol. The van der Waals surface area contributed by atoms with Gasteiger partial charge in [-0.15, -0.1) is 0 Å². The van der Waals surface area contributed by atoms with Crippen LogP contribution in [-0.4, -0.2) is 42.3 Å². The van der Waals surface area contributed by atoms with Crippen LogP contribution in [0.5, 0.6) is 0 Å². The second kappa shape index (κ2) is 8.97. The molecular formula is C16H28Pb2Zr-2. The van der Waals surface area contributed by atoms with E-state index < -0.39 is 42.3 Å². The SMILES string of the molecule is [CH3][Pb]([CH3])([CH3])[C]1=[C-]CC=C1.[CH3][Pb]([CH3])([CH3])[C]1=[C-]CC=C1.[H-].[H-].[Zr+2]. The predicted octanol–water partition coefficient (Wildman–Crippen LogP) is 5.33. The fourth-order valence-electron chi connectivity index (χ4n) is 1.84. The van der Waals surface area contributed by atoms with Crippen molar-refractivity contribution in [2.75, 3.05) is 0 Å². The van der Waals surface area contributed by atoms with Crippen LogP contribution >= 0.6 is 0 Å². The zero-order valence-corrected chi connectivity index (χ0v) is 23.5. The Morgan fingerprint density at radius 3 is 1.21 bits per heavy atom. The molecule has 19 heavy (non-hydrogen) atoms. The van der Waals surface area contributed by atoms with E-state index in [0.29, 0.717) is 0 Å². The van der Waals surface area contributed by atoms with Gasteiger partial charge in [-0.25, -0.2) is 0 Å². The summed E-state index contributed by atoms with van der Waals surface area (Å²) in [6.45, 7) is 0. The zero-order chi connectivity index (χ0) is 13.8. The first kappa shape index (κ1) is 20.7. The maximum absolute atomic E-state index is 3.40. The molecule has 0 fully saturated rings. The second-order valence-corrected chi connectivity index (χ2v) is 46.1. The molecule has 2 aliphatic carbocycles. The molecule has 0 amide bonds. The van der Waals surface area contributed by atoms with E-state index in [1.165, 1.54) is 0 Å². The molecule has 0 N–H and O–H groups in total. The second-order valence-electron chi connectivity index (χ2n) is 6.89. The number of hydrogen-bond donors (Lipinski definition) is 0. The van der Waals surface area contributed by atoms with Crippen LogP contribution in [0.2, 0.25) is 26.9 Å². The van der Waals surface area contributed by atoms with Gasteiger partial charge in [0, 0.05) is 0 Å². The fraction of sp³-hybridized carbons (Fsp3) is 0.500. The molecule has 0 spiro atoms. The van der Waals surface area contributed by atoms with Crippen LogP contribution in [0.15, 0.2) is 30.6 Å². The largest absolute Gasteiger partial charge is 2.00 e. The molecule has 0 unspecified atom stereocenters. The zero-order valence-electron chi connectivity index (χ0n) is 15.2. The Hall–Kier alpha value is 1.69. The molecule has 0 radical (unpaired) electrons. The summed E-state index contributed by atoms with van der Waals surface area (Å²) in [5, 5.41) is 0. The van der Waals surface area contributed by atoms with E-state index in [1.54, 1.807) is 6.26 Å². The molecule has 0 nitrogen and oxygen atoms in total. The molecule has 2 aliphatic rings. The summed E-state index contributed by atoms with van der Waals surface area (Å²) < 4.78 is 17.8. The Morgan fingerprint density at radius 2 is 1.11 bits per heavy atom. The van der Waals surface area contributed by atoms with E-state index in [2.05, 4.69) is 63.4 Å². The summed E-state index contributed by atoms with van der Waals surface area (Å²) in [6.07, 6.45) is 17.9. The number of hydrogen-bond acceptors (Lipinski definition) is 0. The minimum Gasteiger partial charge on any atom is -1.00 e. The third kappa shape index (κ3) is 8.03. The molecule has 3 heteroatoms. The van der Waals surface area contributed by atoms with Crippen molar-refractivity contribution in [1.29, 1.82) is 0 Å². The molecule has 0 bridgehead atoms. The van der Waals surface area contributed by atoms with Gasteiger partial charge in [0.15, 0.2) is 0 Å². The average molecular weight is 726 g/mol. The molecule has 0 aromatic rings. The summed E-state index contributed by atoms with van der Waals surface area (Å²) >= 11 is -3.58. The van der Waals surface area contributed by atoms with E-state index in [1.807, 2.05) is 0 Å². The van der Waals surface area contributed by atoms with Crippen LogP contribution in [0.25, 0.3) is 0 Å². The smallest absolute Gasteiger partial charge is 1.00 e. The Morgan fingerprint density at radius 1 is 0.789 bits per heavy atom. The molecule has 0 aromatic heterocycles. The van der Waals surface area contributed by atoms with Gasteiger partial charge in [-0.3, -0.25) is 0 Å². The van der Waals surface area contributed by atoms with Gasteiger partial charge in [0.05, 0.1) is 0 Å². The molecule has 0 saturated carbocycles. The molecule has 0 saturated heterocycles. The first-order valence-electron chi connectivity index (χ1n) is 6.77. The van der Waals surface area contributed by atoms with E-state index in [-0.39, 0.29) is 29.1 Å². The Bertz CT molecular complexity index is 371. The molecule has 0 heterocycles. The van der Waals surface area contributed by atoms with Crippen molar-refractivity contribution in [3.63, 3.8) is 0 Å². The molecule has 0 aliphatic heterocycles. The topological polar surface area (TPSA) is 0 Å². The normalized spacial score (nSPS) is 17.4. The van der Waals surface area contributed by atoms with Gasteiger partial charge in [0.25, 0.3) is 0 Å². The maximum Gasteiger partial charge on any atom is 2.00 e. The van der Waals surface area contributed by atoms with Crippen molar-refractivity contribution in [2.24, 2.45) is 0 Å². The summed E-state index contributed by atoms with van der Waals surface area (Å²) in [6, 6.07) is 0. The minimum absolute atomic E-state index is 0. The minimum atomic E-state index is -1.79.